The number of aliphatic hydroxyl groups excluding tert-OH is 2. The SMILES string of the molecule is CCNc1ncc2cc(-c3ccc(-c4cccc(C)n4)cc3C)c(=O)n(CC[C@H](O)CO)c2n1. The van der Waals surface area contributed by atoms with Crippen molar-refractivity contribution in [1.82, 2.24) is 19.5 Å². The van der Waals surface area contributed by atoms with Crippen LogP contribution < -0.4 is 10.9 Å². The standard InChI is InChI=1S/C26H29N5O3/c1-4-27-26-28-14-19-13-22(25(34)31(24(19)30-26)11-10-20(33)15-32)21-9-8-18(12-16(21)2)23-7-5-6-17(3)29-23/h5-9,12-14,20,32-33H,4,10-11,15H2,1-3H3,(H,27,28,30)/t20-/m0/s1. The summed E-state index contributed by atoms with van der Waals surface area (Å²) in [5, 5.41) is 22.9. The minimum atomic E-state index is -0.913. The number of fused-ring (bicyclic) bond motifs is 1. The molecule has 8 nitrogen and oxygen atoms in total. The van der Waals surface area contributed by atoms with E-state index in [0.29, 0.717) is 23.7 Å². The number of aliphatic hydroxyl groups is 2. The van der Waals surface area contributed by atoms with Gasteiger partial charge in [-0.1, -0.05) is 18.2 Å². The van der Waals surface area contributed by atoms with Gasteiger partial charge >= 0.3 is 0 Å². The summed E-state index contributed by atoms with van der Waals surface area (Å²) in [6, 6.07) is 13.7. The van der Waals surface area contributed by atoms with Crippen LogP contribution in [0, 0.1) is 13.8 Å². The minimum absolute atomic E-state index is 0.205. The molecule has 3 aromatic heterocycles. The summed E-state index contributed by atoms with van der Waals surface area (Å²) >= 11 is 0. The molecule has 0 amide bonds. The lowest BCUT2D eigenvalue weighted by Crippen LogP contribution is -2.26. The monoisotopic (exact) mass is 459 g/mol. The fourth-order valence-electron chi connectivity index (χ4n) is 4.00. The van der Waals surface area contributed by atoms with Crippen molar-refractivity contribution in [2.75, 3.05) is 18.5 Å². The molecule has 3 heterocycles. The number of benzene rings is 1. The molecular weight excluding hydrogens is 430 g/mol. The van der Waals surface area contributed by atoms with E-state index in [4.69, 9.17) is 0 Å². The van der Waals surface area contributed by atoms with Crippen molar-refractivity contribution in [3.05, 3.63) is 70.3 Å². The lowest BCUT2D eigenvalue weighted by molar-refractivity contribution is 0.0847. The van der Waals surface area contributed by atoms with E-state index in [-0.39, 0.29) is 25.1 Å². The Bertz CT molecular complexity index is 1380. The lowest BCUT2D eigenvalue weighted by atomic mass is 9.97. The smallest absolute Gasteiger partial charge is 0.260 e. The quantitative estimate of drug-likeness (QED) is 0.370. The molecule has 0 aliphatic heterocycles. The zero-order chi connectivity index (χ0) is 24.2. The second-order valence-corrected chi connectivity index (χ2v) is 8.34. The van der Waals surface area contributed by atoms with Crippen LogP contribution in [0.15, 0.2) is 53.5 Å². The van der Waals surface area contributed by atoms with Crippen LogP contribution >= 0.6 is 0 Å². The Balaban J connectivity index is 1.84. The van der Waals surface area contributed by atoms with E-state index >= 15 is 0 Å². The Morgan fingerprint density at radius 1 is 1.09 bits per heavy atom. The molecule has 1 aromatic carbocycles. The maximum atomic E-state index is 13.6. The molecule has 0 saturated heterocycles. The molecule has 176 valence electrons. The third-order valence-corrected chi connectivity index (χ3v) is 5.76. The number of nitrogens with zero attached hydrogens (tertiary/aromatic N) is 4. The molecule has 0 spiro atoms. The number of rotatable bonds is 8. The largest absolute Gasteiger partial charge is 0.394 e. The first-order valence-electron chi connectivity index (χ1n) is 11.4. The molecule has 0 unspecified atom stereocenters. The molecular formula is C26H29N5O3. The third-order valence-electron chi connectivity index (χ3n) is 5.76. The van der Waals surface area contributed by atoms with E-state index < -0.39 is 6.10 Å². The van der Waals surface area contributed by atoms with Crippen LogP contribution in [0.2, 0.25) is 0 Å². The maximum absolute atomic E-state index is 13.6. The van der Waals surface area contributed by atoms with E-state index in [9.17, 15) is 15.0 Å². The average molecular weight is 460 g/mol. The summed E-state index contributed by atoms with van der Waals surface area (Å²) in [5.41, 5.74) is 5.39. The topological polar surface area (TPSA) is 113 Å². The Labute approximate surface area is 198 Å². The van der Waals surface area contributed by atoms with Crippen LogP contribution in [0.5, 0.6) is 0 Å². The highest BCUT2D eigenvalue weighted by atomic mass is 16.3. The lowest BCUT2D eigenvalue weighted by Gasteiger charge is -2.16. The second-order valence-electron chi connectivity index (χ2n) is 8.34. The molecule has 0 radical (unpaired) electrons. The Morgan fingerprint density at radius 3 is 2.62 bits per heavy atom. The predicted molar refractivity (Wildman–Crippen MR) is 134 cm³/mol. The van der Waals surface area contributed by atoms with Gasteiger partial charge in [-0.3, -0.25) is 14.3 Å². The number of nitrogens with one attached hydrogen (secondary N) is 1. The Hall–Kier alpha value is -3.62. The number of aryl methyl sites for hydroxylation is 3. The van der Waals surface area contributed by atoms with Gasteiger partial charge in [0.25, 0.3) is 5.56 Å². The molecule has 0 aliphatic rings. The van der Waals surface area contributed by atoms with E-state index in [2.05, 4.69) is 20.3 Å². The number of hydrogen-bond acceptors (Lipinski definition) is 7. The van der Waals surface area contributed by atoms with Gasteiger partial charge in [-0.15, -0.1) is 0 Å². The molecule has 0 fully saturated rings. The number of hydrogen-bond donors (Lipinski definition) is 3. The van der Waals surface area contributed by atoms with Gasteiger partial charge in [0.05, 0.1) is 18.4 Å². The zero-order valence-corrected chi connectivity index (χ0v) is 19.6. The summed E-state index contributed by atoms with van der Waals surface area (Å²) in [6.45, 7) is 6.39. The van der Waals surface area contributed by atoms with Gasteiger partial charge < -0.3 is 15.5 Å². The molecule has 1 atom stereocenters. The van der Waals surface area contributed by atoms with Crippen molar-refractivity contribution in [1.29, 1.82) is 0 Å². The molecule has 0 aliphatic carbocycles. The fourth-order valence-corrected chi connectivity index (χ4v) is 4.00. The molecule has 3 N–H and O–H groups in total. The van der Waals surface area contributed by atoms with Crippen LogP contribution in [0.3, 0.4) is 0 Å². The first-order chi connectivity index (χ1) is 16.4. The van der Waals surface area contributed by atoms with Gasteiger partial charge in [0.1, 0.15) is 5.65 Å². The molecule has 4 aromatic rings. The summed E-state index contributed by atoms with van der Waals surface area (Å²) < 4.78 is 1.56. The summed E-state index contributed by atoms with van der Waals surface area (Å²) in [6.07, 6.45) is 1.01. The van der Waals surface area contributed by atoms with Gasteiger partial charge in [0.15, 0.2) is 0 Å². The van der Waals surface area contributed by atoms with Crippen molar-refractivity contribution >= 4 is 17.0 Å². The van der Waals surface area contributed by atoms with Crippen molar-refractivity contribution in [3.8, 4) is 22.4 Å². The first-order valence-corrected chi connectivity index (χ1v) is 11.4. The fraction of sp³-hybridized carbons (Fsp3) is 0.308. The van der Waals surface area contributed by atoms with E-state index in [0.717, 1.165) is 33.5 Å². The third kappa shape index (κ3) is 4.83. The highest BCUT2D eigenvalue weighted by molar-refractivity contribution is 5.83. The van der Waals surface area contributed by atoms with Gasteiger partial charge in [-0.2, -0.15) is 4.98 Å². The molecule has 34 heavy (non-hydrogen) atoms. The number of pyridine rings is 2. The van der Waals surface area contributed by atoms with Crippen molar-refractivity contribution in [2.24, 2.45) is 0 Å². The van der Waals surface area contributed by atoms with Crippen LogP contribution in [0.4, 0.5) is 5.95 Å². The van der Waals surface area contributed by atoms with Crippen molar-refractivity contribution in [3.63, 3.8) is 0 Å². The van der Waals surface area contributed by atoms with Crippen LogP contribution in [-0.4, -0.2) is 49.0 Å². The molecule has 4 rings (SSSR count). The van der Waals surface area contributed by atoms with Gasteiger partial charge in [0.2, 0.25) is 5.95 Å². The van der Waals surface area contributed by atoms with Crippen molar-refractivity contribution < 1.29 is 10.2 Å². The van der Waals surface area contributed by atoms with Crippen LogP contribution in [0.25, 0.3) is 33.4 Å². The van der Waals surface area contributed by atoms with Gasteiger partial charge in [-0.25, -0.2) is 4.98 Å². The molecule has 0 bridgehead atoms. The minimum Gasteiger partial charge on any atom is -0.394 e. The van der Waals surface area contributed by atoms with Crippen molar-refractivity contribution in [2.45, 2.75) is 39.8 Å². The average Bonchev–Trinajstić information content (AvgIpc) is 2.83. The van der Waals surface area contributed by atoms with E-state index in [1.54, 1.807) is 10.8 Å². The highest BCUT2D eigenvalue weighted by Gasteiger charge is 2.16. The summed E-state index contributed by atoms with van der Waals surface area (Å²) in [5.74, 6) is 0.435. The second kappa shape index (κ2) is 10.1. The predicted octanol–water partition coefficient (Wildman–Crippen LogP) is 3.31. The van der Waals surface area contributed by atoms with Crippen LogP contribution in [-0.2, 0) is 6.54 Å². The Morgan fingerprint density at radius 2 is 1.91 bits per heavy atom. The van der Waals surface area contributed by atoms with Gasteiger partial charge in [0, 0.05) is 41.5 Å². The molecule has 8 heteroatoms. The zero-order valence-electron chi connectivity index (χ0n) is 19.6. The summed E-state index contributed by atoms with van der Waals surface area (Å²) in [7, 11) is 0. The van der Waals surface area contributed by atoms with Gasteiger partial charge in [-0.05, 0) is 62.6 Å². The van der Waals surface area contributed by atoms with Crippen LogP contribution in [0.1, 0.15) is 24.6 Å². The normalized spacial score (nSPS) is 12.1. The number of anilines is 1. The highest BCUT2D eigenvalue weighted by Crippen LogP contribution is 2.28. The van der Waals surface area contributed by atoms with E-state index in [1.807, 2.05) is 63.2 Å². The number of aromatic nitrogens is 4. The maximum Gasteiger partial charge on any atom is 0.260 e. The van der Waals surface area contributed by atoms with E-state index in [1.165, 1.54) is 0 Å². The Kier molecular flexibility index (Phi) is 7.00. The first kappa shape index (κ1) is 23.5. The molecule has 0 saturated carbocycles. The summed E-state index contributed by atoms with van der Waals surface area (Å²) in [4.78, 5) is 27.1.